The maximum Gasteiger partial charge on any atom is 0.237 e. The maximum atomic E-state index is 12.1. The van der Waals surface area contributed by atoms with E-state index in [1.165, 1.54) is 6.26 Å². The minimum absolute atomic E-state index is 0.172. The average molecular weight is 244 g/mol. The van der Waals surface area contributed by atoms with Crippen LogP contribution in [0.3, 0.4) is 0 Å². The van der Waals surface area contributed by atoms with Crippen molar-refractivity contribution in [2.45, 2.75) is 33.6 Å². The summed E-state index contributed by atoms with van der Waals surface area (Å²) in [6, 6.07) is 0. The van der Waals surface area contributed by atoms with Gasteiger partial charge in [0.15, 0.2) is 0 Å². The molecule has 1 heterocycles. The molecule has 0 radical (unpaired) electrons. The van der Waals surface area contributed by atoms with E-state index in [1.807, 2.05) is 26.8 Å². The SMILES string of the molecule is C/C=C(C)\C=C1\C(=O)C(=O)c2c(C)coc2C1C. The molecule has 0 saturated carbocycles. The molecule has 3 heteroatoms. The molecule has 18 heavy (non-hydrogen) atoms. The lowest BCUT2D eigenvalue weighted by Gasteiger charge is -2.19. The first-order valence-corrected chi connectivity index (χ1v) is 5.98. The van der Waals surface area contributed by atoms with Crippen LogP contribution in [0.5, 0.6) is 0 Å². The summed E-state index contributed by atoms with van der Waals surface area (Å²) in [5.74, 6) is -0.439. The molecule has 1 atom stereocenters. The van der Waals surface area contributed by atoms with Crippen LogP contribution in [-0.2, 0) is 4.79 Å². The minimum atomic E-state index is -0.454. The quantitative estimate of drug-likeness (QED) is 0.562. The molecule has 2 rings (SSSR count). The van der Waals surface area contributed by atoms with Crippen molar-refractivity contribution < 1.29 is 14.0 Å². The number of hydrogen-bond acceptors (Lipinski definition) is 3. The van der Waals surface area contributed by atoms with Gasteiger partial charge in [0.05, 0.1) is 11.8 Å². The van der Waals surface area contributed by atoms with E-state index in [4.69, 9.17) is 4.42 Å². The van der Waals surface area contributed by atoms with Gasteiger partial charge in [0.2, 0.25) is 11.6 Å². The fourth-order valence-electron chi connectivity index (χ4n) is 2.18. The van der Waals surface area contributed by atoms with Crippen molar-refractivity contribution in [3.63, 3.8) is 0 Å². The molecular weight excluding hydrogens is 228 g/mol. The fraction of sp³-hybridized carbons (Fsp3) is 0.333. The van der Waals surface area contributed by atoms with Gasteiger partial charge in [-0.05, 0) is 26.3 Å². The molecule has 94 valence electrons. The Balaban J connectivity index is 2.60. The van der Waals surface area contributed by atoms with Crippen molar-refractivity contribution in [3.8, 4) is 0 Å². The van der Waals surface area contributed by atoms with E-state index >= 15 is 0 Å². The Morgan fingerprint density at radius 3 is 2.61 bits per heavy atom. The van der Waals surface area contributed by atoms with Gasteiger partial charge in [-0.15, -0.1) is 0 Å². The van der Waals surface area contributed by atoms with Gasteiger partial charge in [0, 0.05) is 11.5 Å². The molecule has 0 fully saturated rings. The molecule has 0 bridgehead atoms. The first-order valence-electron chi connectivity index (χ1n) is 5.98. The van der Waals surface area contributed by atoms with Crippen molar-refractivity contribution in [1.82, 2.24) is 0 Å². The number of hydrogen-bond donors (Lipinski definition) is 0. The number of fused-ring (bicyclic) bond motifs is 1. The number of furan rings is 1. The lowest BCUT2D eigenvalue weighted by atomic mass is 9.81. The third-order valence-corrected chi connectivity index (χ3v) is 3.40. The summed E-state index contributed by atoms with van der Waals surface area (Å²) in [5.41, 5.74) is 2.65. The van der Waals surface area contributed by atoms with E-state index in [0.29, 0.717) is 16.9 Å². The first-order chi connectivity index (χ1) is 8.47. The van der Waals surface area contributed by atoms with Crippen LogP contribution in [0.2, 0.25) is 0 Å². The molecule has 0 amide bonds. The van der Waals surface area contributed by atoms with E-state index in [9.17, 15) is 9.59 Å². The van der Waals surface area contributed by atoms with Gasteiger partial charge in [-0.2, -0.15) is 0 Å². The molecule has 1 aromatic heterocycles. The summed E-state index contributed by atoms with van der Waals surface area (Å²) in [7, 11) is 0. The van der Waals surface area contributed by atoms with Crippen molar-refractivity contribution in [2.24, 2.45) is 0 Å². The van der Waals surface area contributed by atoms with Gasteiger partial charge in [-0.25, -0.2) is 0 Å². The number of Topliss-reactive ketones (excluding diaryl/α,β-unsaturated/α-hetero) is 2. The van der Waals surface area contributed by atoms with Crippen molar-refractivity contribution in [3.05, 3.63) is 46.4 Å². The maximum absolute atomic E-state index is 12.1. The number of aryl methyl sites for hydroxylation is 1. The smallest absolute Gasteiger partial charge is 0.237 e. The number of ketones is 2. The molecule has 1 aliphatic rings. The van der Waals surface area contributed by atoms with Gasteiger partial charge in [-0.3, -0.25) is 9.59 Å². The highest BCUT2D eigenvalue weighted by Crippen LogP contribution is 2.36. The second-order valence-electron chi connectivity index (χ2n) is 4.67. The van der Waals surface area contributed by atoms with Crippen LogP contribution in [-0.4, -0.2) is 11.6 Å². The molecule has 0 aliphatic heterocycles. The molecule has 1 aliphatic carbocycles. The third-order valence-electron chi connectivity index (χ3n) is 3.40. The zero-order chi connectivity index (χ0) is 13.4. The van der Waals surface area contributed by atoms with Crippen LogP contribution in [0.1, 0.15) is 48.4 Å². The molecule has 1 aromatic rings. The number of rotatable bonds is 1. The predicted octanol–water partition coefficient (Wildman–Crippen LogP) is 3.35. The summed E-state index contributed by atoms with van der Waals surface area (Å²) in [6.45, 7) is 7.47. The summed E-state index contributed by atoms with van der Waals surface area (Å²) < 4.78 is 5.43. The van der Waals surface area contributed by atoms with E-state index in [1.54, 1.807) is 13.0 Å². The minimum Gasteiger partial charge on any atom is -0.468 e. The Morgan fingerprint density at radius 1 is 1.33 bits per heavy atom. The van der Waals surface area contributed by atoms with Gasteiger partial charge in [0.25, 0.3) is 0 Å². The Kier molecular flexibility index (Phi) is 3.07. The van der Waals surface area contributed by atoms with Gasteiger partial charge in [-0.1, -0.05) is 24.6 Å². The molecule has 1 unspecified atom stereocenters. The van der Waals surface area contributed by atoms with E-state index in [2.05, 4.69) is 0 Å². The van der Waals surface area contributed by atoms with Crippen LogP contribution in [0.15, 0.2) is 34.0 Å². The zero-order valence-electron chi connectivity index (χ0n) is 11.0. The normalized spacial score (nSPS) is 22.6. The standard InChI is InChI=1S/C15H16O3/c1-5-8(2)6-11-10(4)15-12(9(3)7-18-15)14(17)13(11)16/h5-7,10H,1-4H3/b8-5-,11-6+. The van der Waals surface area contributed by atoms with Crippen molar-refractivity contribution >= 4 is 11.6 Å². The van der Waals surface area contributed by atoms with Gasteiger partial charge >= 0.3 is 0 Å². The predicted molar refractivity (Wildman–Crippen MR) is 68.7 cm³/mol. The molecule has 0 N–H and O–H groups in total. The summed E-state index contributed by atoms with van der Waals surface area (Å²) in [4.78, 5) is 24.2. The van der Waals surface area contributed by atoms with Crippen LogP contribution in [0.25, 0.3) is 0 Å². The molecule has 0 aromatic carbocycles. The van der Waals surface area contributed by atoms with Crippen LogP contribution >= 0.6 is 0 Å². The number of allylic oxidation sites excluding steroid dienone is 4. The third kappa shape index (κ3) is 1.76. The van der Waals surface area contributed by atoms with Crippen LogP contribution in [0, 0.1) is 6.92 Å². The van der Waals surface area contributed by atoms with Crippen molar-refractivity contribution in [2.75, 3.05) is 0 Å². The van der Waals surface area contributed by atoms with Gasteiger partial charge in [0.1, 0.15) is 5.76 Å². The fourth-order valence-corrected chi connectivity index (χ4v) is 2.18. The lowest BCUT2D eigenvalue weighted by Crippen LogP contribution is -2.27. The Morgan fingerprint density at radius 2 is 2.00 bits per heavy atom. The van der Waals surface area contributed by atoms with Gasteiger partial charge < -0.3 is 4.42 Å². The second-order valence-corrected chi connectivity index (χ2v) is 4.67. The number of carbonyl (C=O) groups excluding carboxylic acids is 2. The molecule has 0 saturated heterocycles. The van der Waals surface area contributed by atoms with E-state index in [0.717, 1.165) is 11.1 Å². The highest BCUT2D eigenvalue weighted by Gasteiger charge is 2.38. The molecular formula is C15H16O3. The monoisotopic (exact) mass is 244 g/mol. The van der Waals surface area contributed by atoms with Crippen molar-refractivity contribution in [1.29, 1.82) is 0 Å². The average Bonchev–Trinajstić information content (AvgIpc) is 2.74. The Labute approximate surface area is 106 Å². The highest BCUT2D eigenvalue weighted by molar-refractivity contribution is 6.51. The summed E-state index contributed by atoms with van der Waals surface area (Å²) >= 11 is 0. The highest BCUT2D eigenvalue weighted by atomic mass is 16.3. The molecule has 3 nitrogen and oxygen atoms in total. The van der Waals surface area contributed by atoms with E-state index in [-0.39, 0.29) is 5.92 Å². The topological polar surface area (TPSA) is 47.3 Å². The second kappa shape index (κ2) is 4.41. The zero-order valence-corrected chi connectivity index (χ0v) is 11.0. The van der Waals surface area contributed by atoms with E-state index < -0.39 is 11.6 Å². The summed E-state index contributed by atoms with van der Waals surface area (Å²) in [5, 5.41) is 0. The van der Waals surface area contributed by atoms with Crippen LogP contribution in [0.4, 0.5) is 0 Å². The lowest BCUT2D eigenvalue weighted by molar-refractivity contribution is -0.112. The Hall–Kier alpha value is -1.90. The first kappa shape index (κ1) is 12.6. The molecule has 0 spiro atoms. The van der Waals surface area contributed by atoms with Crippen LogP contribution < -0.4 is 0 Å². The Bertz CT molecular complexity index is 585. The largest absolute Gasteiger partial charge is 0.468 e. The summed E-state index contributed by atoms with van der Waals surface area (Å²) in [6.07, 6.45) is 5.21. The number of carbonyl (C=O) groups is 2.